The largest absolute Gasteiger partial charge is 0.490 e. The lowest BCUT2D eigenvalue weighted by Crippen LogP contribution is -2.29. The van der Waals surface area contributed by atoms with E-state index in [4.69, 9.17) is 25.5 Å². The Morgan fingerprint density at radius 3 is 2.46 bits per heavy atom. The predicted octanol–water partition coefficient (Wildman–Crippen LogP) is 6.30. The first-order chi connectivity index (χ1) is 16.9. The first kappa shape index (κ1) is 23.0. The minimum absolute atomic E-state index is 0.0307. The molecule has 5 rings (SSSR count). The van der Waals surface area contributed by atoms with Crippen molar-refractivity contribution < 1.29 is 18.7 Å². The zero-order chi connectivity index (χ0) is 24.7. The summed E-state index contributed by atoms with van der Waals surface area (Å²) in [6.45, 7) is 6.67. The maximum Gasteiger partial charge on any atom is 0.295 e. The van der Waals surface area contributed by atoms with E-state index < -0.39 is 6.04 Å². The third-order valence-corrected chi connectivity index (χ3v) is 6.23. The molecule has 2 heterocycles. The molecule has 35 heavy (non-hydrogen) atoms. The molecule has 7 heteroatoms. The molecule has 0 radical (unpaired) electrons. The van der Waals surface area contributed by atoms with Crippen molar-refractivity contribution >= 4 is 34.2 Å². The number of fused-ring (bicyclic) bond motifs is 2. The molecular weight excluding hydrogens is 466 g/mol. The normalized spacial score (nSPS) is 14.9. The summed E-state index contributed by atoms with van der Waals surface area (Å²) in [5, 5.41) is 0.747. The topological polar surface area (TPSA) is 69.0 Å². The van der Waals surface area contributed by atoms with Gasteiger partial charge in [-0.2, -0.15) is 0 Å². The quantitative estimate of drug-likeness (QED) is 0.318. The van der Waals surface area contributed by atoms with Crippen LogP contribution in [0.15, 0.2) is 69.9 Å². The summed E-state index contributed by atoms with van der Waals surface area (Å²) in [4.78, 5) is 29.1. The lowest BCUT2D eigenvalue weighted by atomic mass is 9.97. The Balaban J connectivity index is 1.79. The highest BCUT2D eigenvalue weighted by Crippen LogP contribution is 2.43. The van der Waals surface area contributed by atoms with Crippen molar-refractivity contribution in [2.24, 2.45) is 0 Å². The molecular formula is C28H24ClNO5. The number of carbonyl (C=O) groups excluding carboxylic acids is 1. The molecule has 178 valence electrons. The summed E-state index contributed by atoms with van der Waals surface area (Å²) in [5.41, 5.74) is 2.67. The molecule has 3 aromatic carbocycles. The Morgan fingerprint density at radius 1 is 0.943 bits per heavy atom. The van der Waals surface area contributed by atoms with Crippen LogP contribution in [0.25, 0.3) is 11.0 Å². The average molecular weight is 490 g/mol. The van der Waals surface area contributed by atoms with Crippen LogP contribution >= 0.6 is 11.6 Å². The number of anilines is 1. The van der Waals surface area contributed by atoms with Crippen molar-refractivity contribution in [3.63, 3.8) is 0 Å². The first-order valence-corrected chi connectivity index (χ1v) is 11.9. The van der Waals surface area contributed by atoms with Gasteiger partial charge >= 0.3 is 0 Å². The van der Waals surface area contributed by atoms with Crippen LogP contribution in [0.2, 0.25) is 5.02 Å². The second-order valence-electron chi connectivity index (χ2n) is 8.30. The number of carbonyl (C=O) groups is 1. The standard InChI is InChI=1S/C28H24ClNO5/c1-4-33-22-11-9-17(14-23(22)34-5-2)25-24-26(31)20-15-18(29)10-12-21(20)35-27(24)28(32)30(25)19-8-6-7-16(3)13-19/h6-15,25H,4-5H2,1-3H3. The number of hydrogen-bond acceptors (Lipinski definition) is 5. The van der Waals surface area contributed by atoms with Crippen LogP contribution < -0.4 is 19.8 Å². The predicted molar refractivity (Wildman–Crippen MR) is 136 cm³/mol. The Morgan fingerprint density at radius 2 is 1.71 bits per heavy atom. The lowest BCUT2D eigenvalue weighted by molar-refractivity contribution is 0.0971. The minimum Gasteiger partial charge on any atom is -0.490 e. The van der Waals surface area contributed by atoms with Gasteiger partial charge in [0.15, 0.2) is 16.9 Å². The molecule has 1 aliphatic heterocycles. The molecule has 0 saturated carbocycles. The summed E-state index contributed by atoms with van der Waals surface area (Å²) >= 11 is 6.18. The molecule has 0 aliphatic carbocycles. The number of aryl methyl sites for hydroxylation is 1. The van der Waals surface area contributed by atoms with Gasteiger partial charge in [0.25, 0.3) is 5.91 Å². The third-order valence-electron chi connectivity index (χ3n) is 6.00. The second kappa shape index (κ2) is 9.12. The van der Waals surface area contributed by atoms with Crippen LogP contribution in [0.1, 0.15) is 47.1 Å². The van der Waals surface area contributed by atoms with Gasteiger partial charge in [0.05, 0.1) is 30.2 Å². The van der Waals surface area contributed by atoms with E-state index in [1.54, 1.807) is 29.2 Å². The fourth-order valence-electron chi connectivity index (χ4n) is 4.54. The van der Waals surface area contributed by atoms with Crippen LogP contribution in [0.3, 0.4) is 0 Å². The van der Waals surface area contributed by atoms with Gasteiger partial charge in [-0.1, -0.05) is 29.8 Å². The summed E-state index contributed by atoms with van der Waals surface area (Å²) in [5.74, 6) is 0.798. The van der Waals surface area contributed by atoms with Gasteiger partial charge in [-0.05, 0) is 74.4 Å². The zero-order valence-electron chi connectivity index (χ0n) is 19.6. The van der Waals surface area contributed by atoms with Crippen molar-refractivity contribution in [1.29, 1.82) is 0 Å². The summed E-state index contributed by atoms with van der Waals surface area (Å²) in [6, 6.07) is 17.2. The molecule has 4 aromatic rings. The summed E-state index contributed by atoms with van der Waals surface area (Å²) < 4.78 is 17.6. The number of halogens is 1. The van der Waals surface area contributed by atoms with E-state index in [1.165, 1.54) is 0 Å². The van der Waals surface area contributed by atoms with Crippen molar-refractivity contribution in [1.82, 2.24) is 0 Å². The molecule has 0 bridgehead atoms. The highest BCUT2D eigenvalue weighted by Gasteiger charge is 2.44. The molecule has 1 atom stereocenters. The Bertz CT molecular complexity index is 1510. The molecule has 0 saturated heterocycles. The minimum atomic E-state index is -0.714. The maximum absolute atomic E-state index is 13.8. The number of amides is 1. The smallest absolute Gasteiger partial charge is 0.295 e. The summed E-state index contributed by atoms with van der Waals surface area (Å²) in [7, 11) is 0. The van der Waals surface area contributed by atoms with Gasteiger partial charge in [0, 0.05) is 10.7 Å². The summed E-state index contributed by atoms with van der Waals surface area (Å²) in [6.07, 6.45) is 0. The Kier molecular flexibility index (Phi) is 5.99. The lowest BCUT2D eigenvalue weighted by Gasteiger charge is -2.26. The van der Waals surface area contributed by atoms with Crippen LogP contribution in [-0.2, 0) is 0 Å². The highest BCUT2D eigenvalue weighted by molar-refractivity contribution is 6.31. The number of rotatable bonds is 6. The number of benzene rings is 3. The first-order valence-electron chi connectivity index (χ1n) is 11.5. The van der Waals surface area contributed by atoms with E-state index >= 15 is 0 Å². The van der Waals surface area contributed by atoms with Gasteiger partial charge < -0.3 is 13.9 Å². The molecule has 6 nitrogen and oxygen atoms in total. The van der Waals surface area contributed by atoms with E-state index in [-0.39, 0.29) is 22.7 Å². The molecule has 1 unspecified atom stereocenters. The monoisotopic (exact) mass is 489 g/mol. The van der Waals surface area contributed by atoms with E-state index in [9.17, 15) is 9.59 Å². The van der Waals surface area contributed by atoms with E-state index in [1.807, 2.05) is 57.2 Å². The van der Waals surface area contributed by atoms with Crippen molar-refractivity contribution in [2.75, 3.05) is 18.1 Å². The fraction of sp³-hybridized carbons (Fsp3) is 0.214. The molecule has 0 N–H and O–H groups in total. The van der Waals surface area contributed by atoms with Gasteiger partial charge in [-0.25, -0.2) is 0 Å². The van der Waals surface area contributed by atoms with Gasteiger partial charge in [-0.15, -0.1) is 0 Å². The van der Waals surface area contributed by atoms with E-state index in [0.29, 0.717) is 52.0 Å². The maximum atomic E-state index is 13.8. The molecule has 0 fully saturated rings. The van der Waals surface area contributed by atoms with Crippen molar-refractivity contribution in [3.8, 4) is 11.5 Å². The van der Waals surface area contributed by atoms with Crippen molar-refractivity contribution in [3.05, 3.63) is 98.4 Å². The fourth-order valence-corrected chi connectivity index (χ4v) is 4.71. The van der Waals surface area contributed by atoms with Gasteiger partial charge in [0.2, 0.25) is 5.76 Å². The van der Waals surface area contributed by atoms with Gasteiger partial charge in [0.1, 0.15) is 5.58 Å². The third kappa shape index (κ3) is 3.94. The van der Waals surface area contributed by atoms with Crippen LogP contribution in [0.4, 0.5) is 5.69 Å². The number of ether oxygens (including phenoxy) is 2. The zero-order valence-corrected chi connectivity index (χ0v) is 20.4. The molecule has 0 spiro atoms. The van der Waals surface area contributed by atoms with Crippen LogP contribution in [0, 0.1) is 6.92 Å². The molecule has 1 aromatic heterocycles. The Labute approximate surface area is 207 Å². The van der Waals surface area contributed by atoms with Gasteiger partial charge in [-0.3, -0.25) is 14.5 Å². The number of hydrogen-bond donors (Lipinski definition) is 0. The average Bonchev–Trinajstić information content (AvgIpc) is 3.13. The molecule has 1 aliphatic rings. The SMILES string of the molecule is CCOc1ccc(C2c3c(oc4ccc(Cl)cc4c3=O)C(=O)N2c2cccc(C)c2)cc1OCC. The molecule has 1 amide bonds. The van der Waals surface area contributed by atoms with E-state index in [2.05, 4.69) is 0 Å². The van der Waals surface area contributed by atoms with E-state index in [0.717, 1.165) is 5.56 Å². The van der Waals surface area contributed by atoms with Crippen molar-refractivity contribution in [2.45, 2.75) is 26.8 Å². The second-order valence-corrected chi connectivity index (χ2v) is 8.74. The highest BCUT2D eigenvalue weighted by atomic mass is 35.5. The Hall–Kier alpha value is -3.77. The van der Waals surface area contributed by atoms with Crippen LogP contribution in [-0.4, -0.2) is 19.1 Å². The number of nitrogens with zero attached hydrogens (tertiary/aromatic N) is 1. The van der Waals surface area contributed by atoms with Crippen LogP contribution in [0.5, 0.6) is 11.5 Å².